The highest BCUT2D eigenvalue weighted by Gasteiger charge is 2.28. The molecule has 1 rings (SSSR count). The van der Waals surface area contributed by atoms with E-state index in [0.717, 1.165) is 10.0 Å². The van der Waals surface area contributed by atoms with E-state index in [0.29, 0.717) is 5.75 Å². The highest BCUT2D eigenvalue weighted by atomic mass is 79.9. The zero-order chi connectivity index (χ0) is 18.3. The van der Waals surface area contributed by atoms with Crippen LogP contribution < -0.4 is 20.7 Å². The number of hydrogen-bond acceptors (Lipinski definition) is 3. The fourth-order valence-electron chi connectivity index (χ4n) is 1.79. The Morgan fingerprint density at radius 1 is 1.38 bits per heavy atom. The zero-order valence-electron chi connectivity index (χ0n) is 13.0. The third-order valence-electron chi connectivity index (χ3n) is 3.06. The van der Waals surface area contributed by atoms with Gasteiger partial charge in [0.25, 0.3) is 5.91 Å². The molecule has 0 aliphatic rings. The summed E-state index contributed by atoms with van der Waals surface area (Å²) in [6.45, 7) is 0.252. The molecule has 0 unspecified atom stereocenters. The van der Waals surface area contributed by atoms with Crippen molar-refractivity contribution in [1.29, 1.82) is 0 Å². The summed E-state index contributed by atoms with van der Waals surface area (Å²) in [6.07, 6.45) is -4.53. The fraction of sp³-hybridized carbons (Fsp3) is 0.429. The molecule has 0 aromatic heterocycles. The van der Waals surface area contributed by atoms with E-state index >= 15 is 0 Å². The molecule has 10 heteroatoms. The van der Waals surface area contributed by atoms with E-state index in [1.165, 1.54) is 0 Å². The minimum Gasteiger partial charge on any atom is -0.496 e. The van der Waals surface area contributed by atoms with Gasteiger partial charge in [0.1, 0.15) is 18.3 Å². The molecule has 0 fully saturated rings. The second-order valence-corrected chi connectivity index (χ2v) is 5.82. The third kappa shape index (κ3) is 7.18. The summed E-state index contributed by atoms with van der Waals surface area (Å²) in [4.78, 5) is 22.7. The Kier molecular flexibility index (Phi) is 7.49. The highest BCUT2D eigenvalue weighted by molar-refractivity contribution is 9.10. The summed E-state index contributed by atoms with van der Waals surface area (Å²) in [5, 5.41) is 5.06. The number of halogens is 4. The van der Waals surface area contributed by atoms with Crippen LogP contribution >= 0.6 is 15.9 Å². The van der Waals surface area contributed by atoms with Gasteiger partial charge in [-0.2, -0.15) is 13.2 Å². The van der Waals surface area contributed by atoms with Gasteiger partial charge in [-0.05, 0) is 41.1 Å². The molecule has 1 aromatic carbocycles. The molecule has 0 aliphatic heterocycles. The predicted molar refractivity (Wildman–Crippen MR) is 83.5 cm³/mol. The number of ether oxygens (including phenoxy) is 1. The lowest BCUT2D eigenvalue weighted by Crippen LogP contribution is -2.87. The van der Waals surface area contributed by atoms with Crippen LogP contribution in [0.15, 0.2) is 22.7 Å². The van der Waals surface area contributed by atoms with Gasteiger partial charge in [-0.1, -0.05) is 0 Å². The van der Waals surface area contributed by atoms with Crippen LogP contribution in [0.3, 0.4) is 0 Å². The number of imide groups is 1. The Balaban J connectivity index is 2.43. The lowest BCUT2D eigenvalue weighted by atomic mass is 10.1. The molecule has 0 saturated carbocycles. The SMILES string of the molecule is COc1ccc([C@H](C)[NH2+]CC(=O)NC(=O)NCC(F)(F)F)cc1Br. The van der Waals surface area contributed by atoms with Gasteiger partial charge in [-0.3, -0.25) is 10.1 Å². The van der Waals surface area contributed by atoms with Crippen LogP contribution in [-0.2, 0) is 4.79 Å². The standard InChI is InChI=1S/C14H17BrF3N3O3/c1-8(9-3-4-11(24-2)10(15)5-9)19-6-12(22)21-13(23)20-7-14(16,17)18/h3-5,8,19H,6-7H2,1-2H3,(H2,20,21,22,23)/p+1/t8-/m0/s1. The van der Waals surface area contributed by atoms with Crippen molar-refractivity contribution in [1.82, 2.24) is 10.6 Å². The molecule has 0 bridgehead atoms. The normalized spacial score (nSPS) is 12.4. The number of alkyl halides is 3. The van der Waals surface area contributed by atoms with Crippen molar-refractivity contribution in [2.45, 2.75) is 19.1 Å². The summed E-state index contributed by atoms with van der Waals surface area (Å²) in [5.41, 5.74) is 0.914. The van der Waals surface area contributed by atoms with Gasteiger partial charge in [0.15, 0.2) is 6.54 Å². The number of methoxy groups -OCH3 is 1. The Morgan fingerprint density at radius 2 is 2.04 bits per heavy atom. The Labute approximate surface area is 145 Å². The first-order chi connectivity index (χ1) is 11.1. The molecule has 134 valence electrons. The maximum absolute atomic E-state index is 11.9. The van der Waals surface area contributed by atoms with Crippen LogP contribution in [0.25, 0.3) is 0 Å². The topological polar surface area (TPSA) is 84.0 Å². The number of quaternary nitrogens is 1. The van der Waals surface area contributed by atoms with Crippen molar-refractivity contribution in [3.63, 3.8) is 0 Å². The lowest BCUT2D eigenvalue weighted by molar-refractivity contribution is -0.682. The summed E-state index contributed by atoms with van der Waals surface area (Å²) in [6, 6.07) is 4.17. The Hall–Kier alpha value is -1.81. The van der Waals surface area contributed by atoms with Gasteiger partial charge in [-0.15, -0.1) is 0 Å². The van der Waals surface area contributed by atoms with Crippen LogP contribution in [0.2, 0.25) is 0 Å². The van der Waals surface area contributed by atoms with E-state index < -0.39 is 24.7 Å². The van der Waals surface area contributed by atoms with E-state index in [1.807, 2.05) is 24.4 Å². The van der Waals surface area contributed by atoms with Crippen molar-refractivity contribution in [2.75, 3.05) is 20.2 Å². The quantitative estimate of drug-likeness (QED) is 0.661. The average molecular weight is 413 g/mol. The maximum Gasteiger partial charge on any atom is 0.405 e. The highest BCUT2D eigenvalue weighted by Crippen LogP contribution is 2.27. The van der Waals surface area contributed by atoms with E-state index in [-0.39, 0.29) is 12.6 Å². The van der Waals surface area contributed by atoms with Crippen LogP contribution in [0.4, 0.5) is 18.0 Å². The average Bonchev–Trinajstić information content (AvgIpc) is 2.50. The number of carbonyl (C=O) groups is 2. The lowest BCUT2D eigenvalue weighted by Gasteiger charge is -2.13. The first-order valence-corrected chi connectivity index (χ1v) is 7.73. The molecule has 1 atom stereocenters. The van der Waals surface area contributed by atoms with Crippen molar-refractivity contribution in [2.24, 2.45) is 0 Å². The number of carbonyl (C=O) groups excluding carboxylic acids is 2. The number of amides is 3. The molecule has 0 radical (unpaired) electrons. The van der Waals surface area contributed by atoms with E-state index in [9.17, 15) is 22.8 Å². The molecule has 0 heterocycles. The van der Waals surface area contributed by atoms with Crippen LogP contribution in [0.5, 0.6) is 5.75 Å². The van der Waals surface area contributed by atoms with Gasteiger partial charge in [-0.25, -0.2) is 4.79 Å². The summed E-state index contributed by atoms with van der Waals surface area (Å²) in [5.74, 6) is -0.0147. The number of nitrogens with two attached hydrogens (primary N) is 1. The summed E-state index contributed by atoms with van der Waals surface area (Å²) < 4.78 is 41.7. The molecule has 1 aromatic rings. The first kappa shape index (κ1) is 20.2. The summed E-state index contributed by atoms with van der Waals surface area (Å²) in [7, 11) is 1.55. The van der Waals surface area contributed by atoms with Gasteiger partial charge >= 0.3 is 12.2 Å². The monoisotopic (exact) mass is 412 g/mol. The first-order valence-electron chi connectivity index (χ1n) is 6.93. The fourth-order valence-corrected chi connectivity index (χ4v) is 2.35. The number of benzene rings is 1. The predicted octanol–water partition coefficient (Wildman–Crippen LogP) is 1.47. The molecule has 24 heavy (non-hydrogen) atoms. The minimum absolute atomic E-state index is 0.101. The molecule has 0 spiro atoms. The summed E-state index contributed by atoms with van der Waals surface area (Å²) >= 11 is 3.36. The Bertz CT molecular complexity index is 596. The molecule has 0 saturated heterocycles. The molecule has 4 N–H and O–H groups in total. The van der Waals surface area contributed by atoms with E-state index in [4.69, 9.17) is 4.74 Å². The molecule has 6 nitrogen and oxygen atoms in total. The number of urea groups is 1. The van der Waals surface area contributed by atoms with E-state index in [1.54, 1.807) is 23.8 Å². The second-order valence-electron chi connectivity index (χ2n) is 4.97. The molecular formula is C14H18BrF3N3O3+. The van der Waals surface area contributed by atoms with E-state index in [2.05, 4.69) is 15.9 Å². The molecule has 0 aliphatic carbocycles. The largest absolute Gasteiger partial charge is 0.496 e. The van der Waals surface area contributed by atoms with Crippen LogP contribution in [0.1, 0.15) is 18.5 Å². The second kappa shape index (κ2) is 8.88. The van der Waals surface area contributed by atoms with Gasteiger partial charge in [0, 0.05) is 5.56 Å². The van der Waals surface area contributed by atoms with Crippen molar-refractivity contribution in [3.8, 4) is 5.75 Å². The van der Waals surface area contributed by atoms with Crippen LogP contribution in [0, 0.1) is 0 Å². The zero-order valence-corrected chi connectivity index (χ0v) is 14.6. The van der Waals surface area contributed by atoms with Gasteiger partial charge < -0.3 is 15.4 Å². The van der Waals surface area contributed by atoms with Crippen molar-refractivity contribution in [3.05, 3.63) is 28.2 Å². The van der Waals surface area contributed by atoms with Gasteiger partial charge in [0.2, 0.25) is 0 Å². The Morgan fingerprint density at radius 3 is 2.58 bits per heavy atom. The molecular weight excluding hydrogens is 395 g/mol. The van der Waals surface area contributed by atoms with Crippen molar-refractivity contribution < 1.29 is 32.8 Å². The molecule has 3 amide bonds. The third-order valence-corrected chi connectivity index (χ3v) is 3.68. The van der Waals surface area contributed by atoms with Crippen molar-refractivity contribution >= 4 is 27.9 Å². The van der Waals surface area contributed by atoms with Crippen LogP contribution in [-0.4, -0.2) is 38.3 Å². The number of hydrogen-bond donors (Lipinski definition) is 3. The van der Waals surface area contributed by atoms with Gasteiger partial charge in [0.05, 0.1) is 11.6 Å². The number of rotatable bonds is 6. The minimum atomic E-state index is -4.53. The smallest absolute Gasteiger partial charge is 0.405 e. The maximum atomic E-state index is 11.9. The number of nitrogens with one attached hydrogen (secondary N) is 2.